The first-order valence-corrected chi connectivity index (χ1v) is 10.2. The molecule has 1 atom stereocenters. The Morgan fingerprint density at radius 3 is 2.69 bits per heavy atom. The molecule has 1 aliphatic heterocycles. The smallest absolute Gasteiger partial charge is 0.324 e. The third kappa shape index (κ3) is 3.66. The number of carbonyl (C=O) groups is 1. The van der Waals surface area contributed by atoms with E-state index in [-0.39, 0.29) is 18.7 Å². The van der Waals surface area contributed by atoms with E-state index >= 15 is 0 Å². The van der Waals surface area contributed by atoms with Crippen molar-refractivity contribution >= 4 is 16.0 Å². The standard InChI is InChI=1S/C18H23N3O4S/c1-3-9-26(23,24)21-12-17-15(10-16(21)18(22)25-2)19-13-20(17)11-14-7-5-4-6-8-14/h4-8,13,16H,3,9-12H2,1-2H3. The molecule has 0 N–H and O–H groups in total. The number of hydrogen-bond donors (Lipinski definition) is 0. The second kappa shape index (κ2) is 7.59. The van der Waals surface area contributed by atoms with E-state index in [0.717, 1.165) is 17.0 Å². The molecule has 0 saturated heterocycles. The van der Waals surface area contributed by atoms with E-state index in [1.54, 1.807) is 13.3 Å². The Labute approximate surface area is 153 Å². The minimum Gasteiger partial charge on any atom is -0.468 e. The fourth-order valence-corrected chi connectivity index (χ4v) is 4.88. The highest BCUT2D eigenvalue weighted by Gasteiger charge is 2.40. The first kappa shape index (κ1) is 18.6. The molecular formula is C18H23N3O4S. The van der Waals surface area contributed by atoms with E-state index in [1.807, 2.05) is 34.9 Å². The molecule has 2 aromatic rings. The van der Waals surface area contributed by atoms with E-state index in [9.17, 15) is 13.2 Å². The summed E-state index contributed by atoms with van der Waals surface area (Å²) < 4.78 is 33.5. The lowest BCUT2D eigenvalue weighted by atomic mass is 10.1. The van der Waals surface area contributed by atoms with Crippen LogP contribution in [0.25, 0.3) is 0 Å². The molecule has 0 bridgehead atoms. The number of ether oxygens (including phenoxy) is 1. The molecule has 0 spiro atoms. The second-order valence-corrected chi connectivity index (χ2v) is 8.40. The summed E-state index contributed by atoms with van der Waals surface area (Å²) in [6.45, 7) is 2.54. The van der Waals surface area contributed by atoms with Crippen LogP contribution in [0.3, 0.4) is 0 Å². The van der Waals surface area contributed by atoms with E-state index in [1.165, 1.54) is 11.4 Å². The molecule has 7 nitrogen and oxygen atoms in total. The van der Waals surface area contributed by atoms with Crippen LogP contribution in [-0.2, 0) is 39.1 Å². The number of benzene rings is 1. The van der Waals surface area contributed by atoms with Crippen LogP contribution in [0.4, 0.5) is 0 Å². The van der Waals surface area contributed by atoms with Crippen molar-refractivity contribution in [1.29, 1.82) is 0 Å². The molecule has 0 radical (unpaired) electrons. The summed E-state index contributed by atoms with van der Waals surface area (Å²) in [7, 11) is -2.28. The summed E-state index contributed by atoms with van der Waals surface area (Å²) in [5.74, 6) is -0.546. The van der Waals surface area contributed by atoms with Crippen molar-refractivity contribution in [3.63, 3.8) is 0 Å². The highest BCUT2D eigenvalue weighted by molar-refractivity contribution is 7.89. The van der Waals surface area contributed by atoms with Crippen LogP contribution in [0.15, 0.2) is 36.7 Å². The van der Waals surface area contributed by atoms with Gasteiger partial charge >= 0.3 is 5.97 Å². The van der Waals surface area contributed by atoms with Crippen LogP contribution in [0.1, 0.15) is 30.3 Å². The zero-order chi connectivity index (χ0) is 18.7. The lowest BCUT2D eigenvalue weighted by Crippen LogP contribution is -2.50. The number of hydrogen-bond acceptors (Lipinski definition) is 5. The van der Waals surface area contributed by atoms with Gasteiger partial charge in [-0.3, -0.25) is 4.79 Å². The molecule has 140 valence electrons. The molecule has 1 aliphatic rings. The van der Waals surface area contributed by atoms with Gasteiger partial charge in [-0.05, 0) is 12.0 Å². The number of fused-ring (bicyclic) bond motifs is 1. The zero-order valence-corrected chi connectivity index (χ0v) is 15.8. The highest BCUT2D eigenvalue weighted by Crippen LogP contribution is 2.27. The molecule has 3 rings (SSSR count). The number of imidazole rings is 1. The maximum Gasteiger partial charge on any atom is 0.324 e. The average Bonchev–Trinajstić information content (AvgIpc) is 3.03. The minimum atomic E-state index is -3.56. The number of sulfonamides is 1. The number of aromatic nitrogens is 2. The number of nitrogens with zero attached hydrogens (tertiary/aromatic N) is 3. The molecular weight excluding hydrogens is 354 g/mol. The first-order chi connectivity index (χ1) is 12.5. The van der Waals surface area contributed by atoms with Gasteiger partial charge in [0, 0.05) is 13.0 Å². The van der Waals surface area contributed by atoms with E-state index < -0.39 is 22.0 Å². The van der Waals surface area contributed by atoms with Crippen molar-refractivity contribution < 1.29 is 17.9 Å². The molecule has 1 unspecified atom stereocenters. The van der Waals surface area contributed by atoms with E-state index in [4.69, 9.17) is 4.74 Å². The predicted molar refractivity (Wildman–Crippen MR) is 96.9 cm³/mol. The van der Waals surface area contributed by atoms with Crippen molar-refractivity contribution in [1.82, 2.24) is 13.9 Å². The Morgan fingerprint density at radius 1 is 1.31 bits per heavy atom. The molecule has 1 aromatic heterocycles. The lowest BCUT2D eigenvalue weighted by molar-refractivity contribution is -0.145. The molecule has 1 aromatic carbocycles. The second-order valence-electron chi connectivity index (χ2n) is 6.36. The molecule has 0 saturated carbocycles. The monoisotopic (exact) mass is 377 g/mol. The Hall–Kier alpha value is -2.19. The zero-order valence-electron chi connectivity index (χ0n) is 15.0. The maximum absolute atomic E-state index is 12.7. The van der Waals surface area contributed by atoms with Gasteiger partial charge in [0.2, 0.25) is 10.0 Å². The van der Waals surface area contributed by atoms with Crippen molar-refractivity contribution in [2.45, 2.75) is 38.9 Å². The van der Waals surface area contributed by atoms with Crippen LogP contribution in [0.2, 0.25) is 0 Å². The largest absolute Gasteiger partial charge is 0.468 e. The third-order valence-electron chi connectivity index (χ3n) is 4.56. The summed E-state index contributed by atoms with van der Waals surface area (Å²) in [6, 6.07) is 9.04. The average molecular weight is 377 g/mol. The van der Waals surface area contributed by atoms with Crippen molar-refractivity contribution in [2.75, 3.05) is 12.9 Å². The fourth-order valence-electron chi connectivity index (χ4n) is 3.27. The van der Waals surface area contributed by atoms with Gasteiger partial charge in [-0.15, -0.1) is 0 Å². The van der Waals surface area contributed by atoms with Gasteiger partial charge in [-0.2, -0.15) is 4.31 Å². The van der Waals surface area contributed by atoms with Crippen LogP contribution in [-0.4, -0.2) is 47.1 Å². The molecule has 8 heteroatoms. The Balaban J connectivity index is 1.95. The van der Waals surface area contributed by atoms with Gasteiger partial charge in [0.15, 0.2) is 0 Å². The molecule has 0 fully saturated rings. The highest BCUT2D eigenvalue weighted by atomic mass is 32.2. The summed E-state index contributed by atoms with van der Waals surface area (Å²) in [6.07, 6.45) is 2.43. The molecule has 2 heterocycles. The van der Waals surface area contributed by atoms with Crippen LogP contribution in [0, 0.1) is 0 Å². The van der Waals surface area contributed by atoms with Gasteiger partial charge in [-0.25, -0.2) is 13.4 Å². The Bertz CT molecular complexity index is 877. The third-order valence-corrected chi connectivity index (χ3v) is 6.58. The number of rotatable bonds is 6. The van der Waals surface area contributed by atoms with Crippen LogP contribution < -0.4 is 0 Å². The first-order valence-electron chi connectivity index (χ1n) is 8.60. The van der Waals surface area contributed by atoms with Crippen LogP contribution >= 0.6 is 0 Å². The van der Waals surface area contributed by atoms with Crippen molar-refractivity contribution in [3.8, 4) is 0 Å². The van der Waals surface area contributed by atoms with Gasteiger partial charge in [-0.1, -0.05) is 37.3 Å². The normalized spacial score (nSPS) is 17.7. The summed E-state index contributed by atoms with van der Waals surface area (Å²) in [5.41, 5.74) is 2.68. The molecule has 0 amide bonds. The summed E-state index contributed by atoms with van der Waals surface area (Å²) in [5, 5.41) is 0. The molecule has 0 aliphatic carbocycles. The van der Waals surface area contributed by atoms with Gasteiger partial charge in [0.25, 0.3) is 0 Å². The quantitative estimate of drug-likeness (QED) is 0.714. The minimum absolute atomic E-state index is 0.00263. The predicted octanol–water partition coefficient (Wildman–Crippen LogP) is 1.57. The maximum atomic E-state index is 12.7. The number of carbonyl (C=O) groups excluding carboxylic acids is 1. The van der Waals surface area contributed by atoms with Gasteiger partial charge < -0.3 is 9.30 Å². The van der Waals surface area contributed by atoms with Crippen LogP contribution in [0.5, 0.6) is 0 Å². The topological polar surface area (TPSA) is 81.5 Å². The fraction of sp³-hybridized carbons (Fsp3) is 0.444. The number of esters is 1. The summed E-state index contributed by atoms with van der Waals surface area (Å²) in [4.78, 5) is 16.6. The Morgan fingerprint density at radius 2 is 2.04 bits per heavy atom. The summed E-state index contributed by atoms with van der Waals surface area (Å²) >= 11 is 0. The van der Waals surface area contributed by atoms with E-state index in [0.29, 0.717) is 13.0 Å². The van der Waals surface area contributed by atoms with Gasteiger partial charge in [0.05, 0.1) is 37.1 Å². The van der Waals surface area contributed by atoms with Crippen molar-refractivity contribution in [3.05, 3.63) is 53.6 Å². The Kier molecular flexibility index (Phi) is 5.43. The van der Waals surface area contributed by atoms with E-state index in [2.05, 4.69) is 4.98 Å². The van der Waals surface area contributed by atoms with Crippen molar-refractivity contribution in [2.24, 2.45) is 0 Å². The molecule has 26 heavy (non-hydrogen) atoms. The van der Waals surface area contributed by atoms with Gasteiger partial charge in [0.1, 0.15) is 6.04 Å². The SMILES string of the molecule is CCCS(=O)(=O)N1Cc2c(ncn2Cc2ccccc2)CC1C(=O)OC. The number of methoxy groups -OCH3 is 1. The lowest BCUT2D eigenvalue weighted by Gasteiger charge is -2.33.